The van der Waals surface area contributed by atoms with Gasteiger partial charge in [-0.1, -0.05) is 37.3 Å². The summed E-state index contributed by atoms with van der Waals surface area (Å²) in [4.78, 5) is 9.42. The summed E-state index contributed by atoms with van der Waals surface area (Å²) in [7, 11) is 3.80. The van der Waals surface area contributed by atoms with Crippen molar-refractivity contribution in [1.29, 1.82) is 0 Å². The lowest BCUT2D eigenvalue weighted by Crippen LogP contribution is -2.52. The molecular weight excluding hydrogens is 451 g/mol. The van der Waals surface area contributed by atoms with Crippen LogP contribution in [-0.2, 0) is 13.6 Å². The number of nitrogens with one attached hydrogen (secondary N) is 1. The fraction of sp³-hybridized carbons (Fsp3) is 0.500. The number of guanidine groups is 1. The zero-order chi connectivity index (χ0) is 18.4. The number of nitrogens with zero attached hydrogens (tertiary/aromatic N) is 5. The van der Waals surface area contributed by atoms with Gasteiger partial charge in [-0.25, -0.2) is 0 Å². The number of piperazine rings is 1. The Balaban J connectivity index is 0.00000261. The number of benzene rings is 1. The molecule has 1 aliphatic rings. The first-order valence-electron chi connectivity index (χ1n) is 9.43. The van der Waals surface area contributed by atoms with Crippen LogP contribution in [-0.4, -0.2) is 58.8 Å². The van der Waals surface area contributed by atoms with Crippen LogP contribution in [0.4, 0.5) is 0 Å². The van der Waals surface area contributed by atoms with Crippen LogP contribution in [0.3, 0.4) is 0 Å². The SMILES string of the molecule is CCC(c1ccccc1)N1CCN(C(=NC)NCc2cnn(C)c2)CC1.I. The van der Waals surface area contributed by atoms with Gasteiger partial charge in [0.1, 0.15) is 0 Å². The Morgan fingerprint density at radius 1 is 1.19 bits per heavy atom. The van der Waals surface area contributed by atoms with E-state index >= 15 is 0 Å². The molecule has 27 heavy (non-hydrogen) atoms. The van der Waals surface area contributed by atoms with Crippen molar-refractivity contribution < 1.29 is 0 Å². The van der Waals surface area contributed by atoms with Crippen LogP contribution in [0.2, 0.25) is 0 Å². The number of aryl methyl sites for hydroxylation is 1. The highest BCUT2D eigenvalue weighted by Gasteiger charge is 2.25. The summed E-state index contributed by atoms with van der Waals surface area (Å²) in [6, 6.07) is 11.4. The van der Waals surface area contributed by atoms with E-state index in [0.717, 1.165) is 45.1 Å². The van der Waals surface area contributed by atoms with E-state index in [1.165, 1.54) is 11.1 Å². The maximum Gasteiger partial charge on any atom is 0.194 e. The summed E-state index contributed by atoms with van der Waals surface area (Å²) < 4.78 is 1.83. The maximum absolute atomic E-state index is 4.47. The molecular formula is C20H31IN6. The van der Waals surface area contributed by atoms with Crippen LogP contribution in [0.5, 0.6) is 0 Å². The molecule has 0 radical (unpaired) electrons. The lowest BCUT2D eigenvalue weighted by molar-refractivity contribution is 0.127. The van der Waals surface area contributed by atoms with E-state index in [1.807, 2.05) is 31.2 Å². The Labute approximate surface area is 179 Å². The second-order valence-electron chi connectivity index (χ2n) is 6.78. The van der Waals surface area contributed by atoms with Gasteiger partial charge in [0.25, 0.3) is 0 Å². The summed E-state index contributed by atoms with van der Waals surface area (Å²) in [5, 5.41) is 7.68. The number of halogens is 1. The number of hydrogen-bond acceptors (Lipinski definition) is 3. The molecule has 0 bridgehead atoms. The van der Waals surface area contributed by atoms with Crippen molar-refractivity contribution in [2.45, 2.75) is 25.9 Å². The van der Waals surface area contributed by atoms with Crippen molar-refractivity contribution in [1.82, 2.24) is 24.9 Å². The highest BCUT2D eigenvalue weighted by atomic mass is 127. The monoisotopic (exact) mass is 482 g/mol. The Hall–Kier alpha value is -1.61. The summed E-state index contributed by atoms with van der Waals surface area (Å²) in [6.45, 7) is 7.13. The van der Waals surface area contributed by atoms with Gasteiger partial charge < -0.3 is 10.2 Å². The maximum atomic E-state index is 4.47. The molecule has 148 valence electrons. The van der Waals surface area contributed by atoms with E-state index in [1.54, 1.807) is 0 Å². The van der Waals surface area contributed by atoms with E-state index in [9.17, 15) is 0 Å². The third-order valence-corrected chi connectivity index (χ3v) is 5.05. The van der Waals surface area contributed by atoms with E-state index in [4.69, 9.17) is 0 Å². The highest BCUT2D eigenvalue weighted by Crippen LogP contribution is 2.25. The molecule has 1 unspecified atom stereocenters. The van der Waals surface area contributed by atoms with Gasteiger partial charge in [0.15, 0.2) is 5.96 Å². The lowest BCUT2D eigenvalue weighted by atomic mass is 10.0. The number of hydrogen-bond donors (Lipinski definition) is 1. The van der Waals surface area contributed by atoms with Gasteiger partial charge in [-0.15, -0.1) is 24.0 Å². The zero-order valence-corrected chi connectivity index (χ0v) is 18.8. The third kappa shape index (κ3) is 5.68. The summed E-state index contributed by atoms with van der Waals surface area (Å²) >= 11 is 0. The smallest absolute Gasteiger partial charge is 0.194 e. The Morgan fingerprint density at radius 2 is 1.89 bits per heavy atom. The van der Waals surface area contributed by atoms with Gasteiger partial charge in [0.2, 0.25) is 0 Å². The van der Waals surface area contributed by atoms with Crippen molar-refractivity contribution in [3.05, 3.63) is 53.9 Å². The molecule has 2 heterocycles. The molecule has 7 heteroatoms. The second-order valence-corrected chi connectivity index (χ2v) is 6.78. The van der Waals surface area contributed by atoms with Gasteiger partial charge in [-0.2, -0.15) is 5.10 Å². The predicted molar refractivity (Wildman–Crippen MR) is 121 cm³/mol. The number of aliphatic imine (C=N–C) groups is 1. The molecule has 0 aliphatic carbocycles. The van der Waals surface area contributed by atoms with E-state index in [2.05, 4.69) is 62.5 Å². The number of aromatic nitrogens is 2. The third-order valence-electron chi connectivity index (χ3n) is 5.05. The fourth-order valence-corrected chi connectivity index (χ4v) is 3.70. The first-order chi connectivity index (χ1) is 12.7. The normalized spacial score (nSPS) is 16.7. The molecule has 0 saturated carbocycles. The minimum Gasteiger partial charge on any atom is -0.352 e. The van der Waals surface area contributed by atoms with Crippen LogP contribution in [0.1, 0.15) is 30.5 Å². The van der Waals surface area contributed by atoms with Crippen LogP contribution in [0.25, 0.3) is 0 Å². The lowest BCUT2D eigenvalue weighted by Gasteiger charge is -2.40. The van der Waals surface area contributed by atoms with Gasteiger partial charge in [0.05, 0.1) is 6.20 Å². The first-order valence-corrected chi connectivity index (χ1v) is 9.43. The highest BCUT2D eigenvalue weighted by molar-refractivity contribution is 14.0. The van der Waals surface area contributed by atoms with Crippen LogP contribution in [0.15, 0.2) is 47.7 Å². The van der Waals surface area contributed by atoms with Crippen molar-refractivity contribution in [3.8, 4) is 0 Å². The molecule has 1 N–H and O–H groups in total. The first kappa shape index (κ1) is 21.7. The quantitative estimate of drug-likeness (QED) is 0.405. The second kappa shape index (κ2) is 10.7. The van der Waals surface area contributed by atoms with Crippen molar-refractivity contribution >= 4 is 29.9 Å². The van der Waals surface area contributed by atoms with Crippen molar-refractivity contribution in [2.24, 2.45) is 12.0 Å². The van der Waals surface area contributed by atoms with E-state index in [-0.39, 0.29) is 24.0 Å². The van der Waals surface area contributed by atoms with Gasteiger partial charge in [0, 0.05) is 64.6 Å². The van der Waals surface area contributed by atoms with Crippen molar-refractivity contribution in [2.75, 3.05) is 33.2 Å². The van der Waals surface area contributed by atoms with Gasteiger partial charge in [-0.3, -0.25) is 14.6 Å². The molecule has 1 aromatic carbocycles. The molecule has 0 spiro atoms. The minimum atomic E-state index is 0. The Bertz CT molecular complexity index is 706. The van der Waals surface area contributed by atoms with E-state index in [0.29, 0.717) is 6.04 Å². The molecule has 1 atom stereocenters. The number of rotatable bonds is 5. The molecule has 0 amide bonds. The zero-order valence-electron chi connectivity index (χ0n) is 16.5. The molecule has 1 saturated heterocycles. The van der Waals surface area contributed by atoms with Gasteiger partial charge in [-0.05, 0) is 12.0 Å². The summed E-state index contributed by atoms with van der Waals surface area (Å²) in [5.41, 5.74) is 2.59. The summed E-state index contributed by atoms with van der Waals surface area (Å²) in [6.07, 6.45) is 5.06. The van der Waals surface area contributed by atoms with E-state index < -0.39 is 0 Å². The average molecular weight is 482 g/mol. The molecule has 6 nitrogen and oxygen atoms in total. The average Bonchev–Trinajstić information content (AvgIpc) is 3.10. The van der Waals surface area contributed by atoms with Gasteiger partial charge >= 0.3 is 0 Å². The molecule has 1 aliphatic heterocycles. The molecule has 2 aromatic rings. The topological polar surface area (TPSA) is 48.7 Å². The minimum absolute atomic E-state index is 0. The largest absolute Gasteiger partial charge is 0.352 e. The molecule has 3 rings (SSSR count). The summed E-state index contributed by atoms with van der Waals surface area (Å²) in [5.74, 6) is 0.973. The standard InChI is InChI=1S/C20H30N6.HI/c1-4-19(18-8-6-5-7-9-18)25-10-12-26(13-11-25)20(21-2)22-14-17-15-23-24(3)16-17;/h5-9,15-16,19H,4,10-14H2,1-3H3,(H,21,22);1H. The Kier molecular flexibility index (Phi) is 8.56. The fourth-order valence-electron chi connectivity index (χ4n) is 3.70. The predicted octanol–water partition coefficient (Wildman–Crippen LogP) is 2.88. The molecule has 1 fully saturated rings. The van der Waals surface area contributed by atoms with Crippen LogP contribution >= 0.6 is 24.0 Å². The Morgan fingerprint density at radius 3 is 2.44 bits per heavy atom. The van der Waals surface area contributed by atoms with Crippen molar-refractivity contribution in [3.63, 3.8) is 0 Å². The van der Waals surface area contributed by atoms with Crippen LogP contribution in [0, 0.1) is 0 Å². The molecule has 1 aromatic heterocycles. The van der Waals surface area contributed by atoms with Crippen LogP contribution < -0.4 is 5.32 Å².